The second kappa shape index (κ2) is 8.76. The van der Waals surface area contributed by atoms with Gasteiger partial charge in [0.2, 0.25) is 5.91 Å². The van der Waals surface area contributed by atoms with Crippen LogP contribution in [0.2, 0.25) is 0 Å². The molecule has 1 atom stereocenters. The zero-order chi connectivity index (χ0) is 14.8. The summed E-state index contributed by atoms with van der Waals surface area (Å²) in [6.07, 6.45) is 0. The monoisotopic (exact) mass is 359 g/mol. The number of carbonyl (C=O) groups excluding carboxylic acids is 1. The summed E-state index contributed by atoms with van der Waals surface area (Å²) in [5.74, 6) is 1.04. The molecule has 130 valence electrons. The number of hydrogen-bond acceptors (Lipinski definition) is 3. The van der Waals surface area contributed by atoms with Gasteiger partial charge in [0.15, 0.2) is 0 Å². The van der Waals surface area contributed by atoms with Crippen molar-refractivity contribution in [2.75, 3.05) is 44.2 Å². The highest BCUT2D eigenvalue weighted by molar-refractivity contribution is 5.85. The summed E-state index contributed by atoms with van der Waals surface area (Å²) in [6, 6.07) is 8.61. The van der Waals surface area contributed by atoms with E-state index in [1.165, 1.54) is 11.3 Å². The fourth-order valence-corrected chi connectivity index (χ4v) is 3.16. The highest BCUT2D eigenvalue weighted by Gasteiger charge is 2.32. The van der Waals surface area contributed by atoms with Gasteiger partial charge in [-0.2, -0.15) is 0 Å². The van der Waals surface area contributed by atoms with Crippen LogP contribution in [0.25, 0.3) is 0 Å². The summed E-state index contributed by atoms with van der Waals surface area (Å²) in [6.45, 7) is 9.76. The molecule has 6 heteroatoms. The highest BCUT2D eigenvalue weighted by atomic mass is 35.5. The molecule has 0 aromatic heterocycles. The van der Waals surface area contributed by atoms with Crippen molar-refractivity contribution in [1.82, 2.24) is 10.2 Å². The number of hydrogen-bond donors (Lipinski definition) is 1. The number of nitrogens with one attached hydrogen (secondary N) is 1. The number of anilines is 1. The van der Waals surface area contributed by atoms with E-state index in [4.69, 9.17) is 0 Å². The van der Waals surface area contributed by atoms with Gasteiger partial charge in [0.25, 0.3) is 0 Å². The van der Waals surface area contributed by atoms with Crippen molar-refractivity contribution >= 4 is 36.4 Å². The summed E-state index contributed by atoms with van der Waals surface area (Å²) in [4.78, 5) is 16.9. The van der Waals surface area contributed by atoms with E-state index in [9.17, 15) is 4.79 Å². The summed E-state index contributed by atoms with van der Waals surface area (Å²) >= 11 is 0. The van der Waals surface area contributed by atoms with E-state index in [0.717, 1.165) is 39.3 Å². The quantitative estimate of drug-likeness (QED) is 0.899. The molecular formula is C17H27Cl2N3O. The molecule has 1 N–H and O–H groups in total. The fraction of sp³-hybridized carbons (Fsp3) is 0.588. The Hall–Kier alpha value is -0.970. The molecule has 2 saturated heterocycles. The van der Waals surface area contributed by atoms with Crippen molar-refractivity contribution in [3.8, 4) is 0 Å². The Labute approximate surface area is 151 Å². The molecule has 0 bridgehead atoms. The molecule has 0 spiro atoms. The molecule has 23 heavy (non-hydrogen) atoms. The number of piperazine rings is 1. The molecule has 2 aliphatic heterocycles. The average molecular weight is 360 g/mol. The molecule has 0 radical (unpaired) electrons. The first-order chi connectivity index (χ1) is 10.1. The number of amides is 1. The van der Waals surface area contributed by atoms with Crippen molar-refractivity contribution in [2.45, 2.75) is 13.8 Å². The number of nitrogens with zero attached hydrogens (tertiary/aromatic N) is 2. The van der Waals surface area contributed by atoms with Crippen LogP contribution in [-0.4, -0.2) is 50.1 Å². The van der Waals surface area contributed by atoms with Crippen molar-refractivity contribution in [3.05, 3.63) is 29.8 Å². The minimum Gasteiger partial charge on any atom is -0.368 e. The minimum atomic E-state index is 0. The average Bonchev–Trinajstić information content (AvgIpc) is 2.45. The van der Waals surface area contributed by atoms with Crippen LogP contribution < -0.4 is 10.2 Å². The number of benzene rings is 1. The third-order valence-electron chi connectivity index (χ3n) is 4.87. The van der Waals surface area contributed by atoms with Crippen LogP contribution in [0.1, 0.15) is 12.5 Å². The zero-order valence-electron chi connectivity index (χ0n) is 13.8. The molecule has 1 aromatic rings. The van der Waals surface area contributed by atoms with Gasteiger partial charge in [0, 0.05) is 37.8 Å². The second-order valence-corrected chi connectivity index (χ2v) is 6.36. The van der Waals surface area contributed by atoms with Gasteiger partial charge in [-0.15, -0.1) is 24.8 Å². The minimum absolute atomic E-state index is 0. The van der Waals surface area contributed by atoms with Crippen LogP contribution >= 0.6 is 24.8 Å². The lowest BCUT2D eigenvalue weighted by atomic mass is 9.88. The first kappa shape index (κ1) is 20.1. The Kier molecular flexibility index (Phi) is 7.65. The van der Waals surface area contributed by atoms with Crippen LogP contribution in [0, 0.1) is 18.8 Å². The Morgan fingerprint density at radius 1 is 1.17 bits per heavy atom. The lowest BCUT2D eigenvalue weighted by molar-refractivity contribution is -0.137. The normalized spacial score (nSPS) is 19.2. The van der Waals surface area contributed by atoms with Gasteiger partial charge < -0.3 is 15.1 Å². The molecule has 4 nitrogen and oxygen atoms in total. The van der Waals surface area contributed by atoms with E-state index in [2.05, 4.69) is 53.2 Å². The third kappa shape index (κ3) is 4.52. The van der Waals surface area contributed by atoms with Crippen molar-refractivity contribution < 1.29 is 4.79 Å². The maximum absolute atomic E-state index is 12.5. The summed E-state index contributed by atoms with van der Waals surface area (Å²) < 4.78 is 0. The number of aryl methyl sites for hydroxylation is 1. The SMILES string of the molecule is Cc1cccc(N2CCN(C(=O)C(C)C3CNC3)CC2)c1.Cl.Cl. The molecule has 1 amide bonds. The lowest BCUT2D eigenvalue weighted by Crippen LogP contribution is -2.54. The van der Waals surface area contributed by atoms with Gasteiger partial charge in [-0.05, 0) is 43.6 Å². The first-order valence-electron chi connectivity index (χ1n) is 7.96. The van der Waals surface area contributed by atoms with E-state index in [1.807, 2.05) is 0 Å². The highest BCUT2D eigenvalue weighted by Crippen LogP contribution is 2.21. The third-order valence-corrected chi connectivity index (χ3v) is 4.87. The van der Waals surface area contributed by atoms with Gasteiger partial charge in [-0.25, -0.2) is 0 Å². The van der Waals surface area contributed by atoms with Crippen LogP contribution in [-0.2, 0) is 4.79 Å². The topological polar surface area (TPSA) is 35.6 Å². The lowest BCUT2D eigenvalue weighted by Gasteiger charge is -2.40. The maximum atomic E-state index is 12.5. The second-order valence-electron chi connectivity index (χ2n) is 6.36. The van der Waals surface area contributed by atoms with Gasteiger partial charge >= 0.3 is 0 Å². The largest absolute Gasteiger partial charge is 0.368 e. The summed E-state index contributed by atoms with van der Waals surface area (Å²) in [7, 11) is 0. The number of carbonyl (C=O) groups is 1. The van der Waals surface area contributed by atoms with Gasteiger partial charge in [-0.1, -0.05) is 19.1 Å². The van der Waals surface area contributed by atoms with Crippen molar-refractivity contribution in [2.24, 2.45) is 11.8 Å². The van der Waals surface area contributed by atoms with Crippen LogP contribution in [0.15, 0.2) is 24.3 Å². The van der Waals surface area contributed by atoms with Crippen molar-refractivity contribution in [1.29, 1.82) is 0 Å². The van der Waals surface area contributed by atoms with E-state index in [0.29, 0.717) is 11.8 Å². The van der Waals surface area contributed by atoms with Gasteiger partial charge in [0.05, 0.1) is 0 Å². The van der Waals surface area contributed by atoms with E-state index in [-0.39, 0.29) is 30.7 Å². The Bertz CT molecular complexity index is 514. The smallest absolute Gasteiger partial charge is 0.225 e. The maximum Gasteiger partial charge on any atom is 0.225 e. The molecule has 2 heterocycles. The Morgan fingerprint density at radius 3 is 2.35 bits per heavy atom. The van der Waals surface area contributed by atoms with Gasteiger partial charge in [0.1, 0.15) is 0 Å². The predicted octanol–water partition coefficient (Wildman–Crippen LogP) is 2.34. The summed E-state index contributed by atoms with van der Waals surface area (Å²) in [5, 5.41) is 3.25. The molecule has 1 aromatic carbocycles. The fourth-order valence-electron chi connectivity index (χ4n) is 3.16. The molecule has 2 aliphatic rings. The summed E-state index contributed by atoms with van der Waals surface area (Å²) in [5.41, 5.74) is 2.57. The standard InChI is InChI=1S/C17H25N3O.2ClH/c1-13-4-3-5-16(10-13)19-6-8-20(9-7-19)17(21)14(2)15-11-18-12-15;;/h3-5,10,14-15,18H,6-9,11-12H2,1-2H3;2*1H. The Balaban J connectivity index is 0.00000132. The predicted molar refractivity (Wildman–Crippen MR) is 100.0 cm³/mol. The van der Waals surface area contributed by atoms with Crippen LogP contribution in [0.3, 0.4) is 0 Å². The van der Waals surface area contributed by atoms with E-state index < -0.39 is 0 Å². The van der Waals surface area contributed by atoms with Crippen LogP contribution in [0.5, 0.6) is 0 Å². The van der Waals surface area contributed by atoms with E-state index in [1.54, 1.807) is 0 Å². The van der Waals surface area contributed by atoms with E-state index >= 15 is 0 Å². The molecule has 3 rings (SSSR count). The molecule has 1 unspecified atom stereocenters. The molecule has 0 aliphatic carbocycles. The molecule has 0 saturated carbocycles. The molecule has 2 fully saturated rings. The Morgan fingerprint density at radius 2 is 1.83 bits per heavy atom. The molecular weight excluding hydrogens is 333 g/mol. The van der Waals surface area contributed by atoms with Crippen molar-refractivity contribution in [3.63, 3.8) is 0 Å². The zero-order valence-corrected chi connectivity index (χ0v) is 15.5. The van der Waals surface area contributed by atoms with Crippen LogP contribution in [0.4, 0.5) is 5.69 Å². The van der Waals surface area contributed by atoms with Gasteiger partial charge in [-0.3, -0.25) is 4.79 Å². The number of halogens is 2. The first-order valence-corrected chi connectivity index (χ1v) is 7.96. The number of rotatable bonds is 3.